The highest BCUT2D eigenvalue weighted by Crippen LogP contribution is 2.27. The molecule has 1 aromatic carbocycles. The van der Waals surface area contributed by atoms with Crippen LogP contribution in [-0.2, 0) is 4.79 Å². The molecule has 78 valence electrons. The van der Waals surface area contributed by atoms with E-state index in [4.69, 9.17) is 0 Å². The molecule has 0 aliphatic rings. The van der Waals surface area contributed by atoms with Crippen molar-refractivity contribution in [3.05, 3.63) is 39.7 Å². The maximum Gasteiger partial charge on any atom is 0.274 e. The first-order chi connectivity index (χ1) is 7.06. The summed E-state index contributed by atoms with van der Waals surface area (Å²) in [4.78, 5) is 23.2. The summed E-state index contributed by atoms with van der Waals surface area (Å²) in [6.07, 6.45) is 1.28. The van der Waals surface area contributed by atoms with E-state index in [-0.39, 0.29) is 11.3 Å². The Kier molecular flexibility index (Phi) is 3.25. The van der Waals surface area contributed by atoms with Crippen LogP contribution in [0.5, 0.6) is 0 Å². The second-order valence-electron chi connectivity index (χ2n) is 2.86. The summed E-state index contributed by atoms with van der Waals surface area (Å²) in [6, 6.07) is 2.24. The van der Waals surface area contributed by atoms with Gasteiger partial charge in [-0.1, -0.05) is 0 Å². The number of hydrogen-bond acceptors (Lipinski definition) is 4. The number of halogens is 1. The highest BCUT2D eigenvalue weighted by molar-refractivity contribution is 5.44. The summed E-state index contributed by atoms with van der Waals surface area (Å²) in [6.45, 7) is 1.45. The molecule has 1 rings (SSSR count). The molecule has 5 nitrogen and oxygen atoms in total. The number of nitro benzene ring substituents is 1. The molecule has 0 spiro atoms. The van der Waals surface area contributed by atoms with Crippen molar-refractivity contribution in [1.82, 2.24) is 0 Å². The van der Waals surface area contributed by atoms with Gasteiger partial charge in [0, 0.05) is 6.07 Å². The molecule has 0 amide bonds. The van der Waals surface area contributed by atoms with E-state index in [1.165, 1.54) is 13.0 Å². The van der Waals surface area contributed by atoms with Crippen LogP contribution in [0.4, 0.5) is 10.1 Å². The lowest BCUT2D eigenvalue weighted by molar-refractivity contribution is -0.385. The van der Waals surface area contributed by atoms with E-state index < -0.39 is 16.8 Å². The Labute approximate surface area is 84.4 Å². The Hall–Kier alpha value is -2.07. The van der Waals surface area contributed by atoms with Gasteiger partial charge in [0.25, 0.3) is 5.69 Å². The average Bonchev–Trinajstić information content (AvgIpc) is 2.17. The fourth-order valence-electron chi connectivity index (χ4n) is 1.17. The molecule has 0 N–H and O–H groups in total. The normalized spacial score (nSPS) is 11.6. The van der Waals surface area contributed by atoms with Crippen LogP contribution in [-0.4, -0.2) is 11.0 Å². The van der Waals surface area contributed by atoms with E-state index in [0.29, 0.717) is 0 Å². The van der Waals surface area contributed by atoms with Crippen LogP contribution in [0, 0.1) is 15.9 Å². The quantitative estimate of drug-likeness (QED) is 0.332. The zero-order valence-electron chi connectivity index (χ0n) is 7.81. The standard InChI is InChI=1S/C9H7FN2O3/c1-6(11-5-13)8-4-7(10)2-3-9(8)12(14)15/h2-4,6H,1H3. The van der Waals surface area contributed by atoms with Crippen LogP contribution in [0.15, 0.2) is 23.2 Å². The number of nitro groups is 1. The SMILES string of the molecule is CC(N=C=O)c1cc(F)ccc1[N+](=O)[O-]. The molecule has 0 bridgehead atoms. The molecule has 0 fully saturated rings. The largest absolute Gasteiger partial charge is 0.274 e. The first kappa shape index (κ1) is 11.0. The number of nitrogens with zero attached hydrogens (tertiary/aromatic N) is 2. The molecule has 0 radical (unpaired) electrons. The molecule has 15 heavy (non-hydrogen) atoms. The van der Waals surface area contributed by atoms with Gasteiger partial charge in [0.05, 0.1) is 16.5 Å². The van der Waals surface area contributed by atoms with E-state index in [0.717, 1.165) is 18.2 Å². The van der Waals surface area contributed by atoms with Crippen LogP contribution in [0.2, 0.25) is 0 Å². The van der Waals surface area contributed by atoms with Crippen molar-refractivity contribution in [2.24, 2.45) is 4.99 Å². The summed E-state index contributed by atoms with van der Waals surface area (Å²) < 4.78 is 12.8. The predicted octanol–water partition coefficient (Wildman–Crippen LogP) is 2.13. The first-order valence-corrected chi connectivity index (χ1v) is 4.07. The summed E-state index contributed by atoms with van der Waals surface area (Å²) in [5.41, 5.74) is -0.203. The fourth-order valence-corrected chi connectivity index (χ4v) is 1.17. The lowest BCUT2D eigenvalue weighted by atomic mass is 10.1. The van der Waals surface area contributed by atoms with Crippen molar-refractivity contribution in [1.29, 1.82) is 0 Å². The molecule has 0 aromatic heterocycles. The average molecular weight is 210 g/mol. The summed E-state index contributed by atoms with van der Waals surface area (Å²) >= 11 is 0. The second kappa shape index (κ2) is 4.43. The lowest BCUT2D eigenvalue weighted by Gasteiger charge is -2.05. The number of hydrogen-bond donors (Lipinski definition) is 0. The second-order valence-corrected chi connectivity index (χ2v) is 2.86. The molecule has 1 unspecified atom stereocenters. The number of carbonyl (C=O) groups excluding carboxylic acids is 1. The van der Waals surface area contributed by atoms with Gasteiger partial charge in [-0.3, -0.25) is 10.1 Å². The maximum atomic E-state index is 12.8. The van der Waals surface area contributed by atoms with Gasteiger partial charge in [0.2, 0.25) is 6.08 Å². The molecule has 1 aromatic rings. The van der Waals surface area contributed by atoms with Crippen molar-refractivity contribution in [3.8, 4) is 0 Å². The topological polar surface area (TPSA) is 72.6 Å². The van der Waals surface area contributed by atoms with Gasteiger partial charge in [0.15, 0.2) is 0 Å². The van der Waals surface area contributed by atoms with Crippen LogP contribution in [0.25, 0.3) is 0 Å². The van der Waals surface area contributed by atoms with Gasteiger partial charge in [-0.2, -0.15) is 4.99 Å². The Morgan fingerprint density at radius 1 is 1.60 bits per heavy atom. The zero-order chi connectivity index (χ0) is 11.4. The molecule has 6 heteroatoms. The Balaban J connectivity index is 3.29. The summed E-state index contributed by atoms with van der Waals surface area (Å²) in [5.74, 6) is -0.608. The smallest absolute Gasteiger partial charge is 0.258 e. The zero-order valence-corrected chi connectivity index (χ0v) is 7.81. The van der Waals surface area contributed by atoms with Crippen LogP contribution < -0.4 is 0 Å². The van der Waals surface area contributed by atoms with Gasteiger partial charge in [-0.05, 0) is 19.1 Å². The minimum Gasteiger partial charge on any atom is -0.258 e. The minimum absolute atomic E-state index is 0.0587. The van der Waals surface area contributed by atoms with E-state index >= 15 is 0 Å². The fraction of sp³-hybridized carbons (Fsp3) is 0.222. The molecule has 0 saturated heterocycles. The van der Waals surface area contributed by atoms with Crippen LogP contribution in [0.1, 0.15) is 18.5 Å². The number of aliphatic imine (C=N–C) groups is 1. The van der Waals surface area contributed by atoms with Gasteiger partial charge in [-0.25, -0.2) is 9.18 Å². The number of benzene rings is 1. The van der Waals surface area contributed by atoms with Crippen molar-refractivity contribution >= 4 is 11.8 Å². The molecule has 0 saturated carbocycles. The van der Waals surface area contributed by atoms with E-state index in [9.17, 15) is 19.3 Å². The molecule has 0 aliphatic heterocycles. The third kappa shape index (κ3) is 2.45. The third-order valence-electron chi connectivity index (χ3n) is 1.88. The summed E-state index contributed by atoms with van der Waals surface area (Å²) in [7, 11) is 0. The van der Waals surface area contributed by atoms with Crippen molar-refractivity contribution in [2.75, 3.05) is 0 Å². The monoisotopic (exact) mass is 210 g/mol. The van der Waals surface area contributed by atoms with Crippen LogP contribution >= 0.6 is 0 Å². The lowest BCUT2D eigenvalue weighted by Crippen LogP contribution is -1.98. The summed E-state index contributed by atoms with van der Waals surface area (Å²) in [5, 5.41) is 10.6. The Bertz CT molecular complexity index is 441. The van der Waals surface area contributed by atoms with E-state index in [2.05, 4.69) is 4.99 Å². The van der Waals surface area contributed by atoms with E-state index in [1.54, 1.807) is 0 Å². The van der Waals surface area contributed by atoms with Gasteiger partial charge in [-0.15, -0.1) is 0 Å². The third-order valence-corrected chi connectivity index (χ3v) is 1.88. The minimum atomic E-state index is -0.779. The number of rotatable bonds is 3. The van der Waals surface area contributed by atoms with Gasteiger partial charge >= 0.3 is 0 Å². The van der Waals surface area contributed by atoms with Crippen molar-refractivity contribution < 1.29 is 14.1 Å². The van der Waals surface area contributed by atoms with Gasteiger partial charge in [0.1, 0.15) is 5.82 Å². The van der Waals surface area contributed by atoms with Crippen LogP contribution in [0.3, 0.4) is 0 Å². The maximum absolute atomic E-state index is 12.8. The Morgan fingerprint density at radius 3 is 2.80 bits per heavy atom. The van der Waals surface area contributed by atoms with Crippen molar-refractivity contribution in [2.45, 2.75) is 13.0 Å². The predicted molar refractivity (Wildman–Crippen MR) is 49.6 cm³/mol. The molecular formula is C9H7FN2O3. The highest BCUT2D eigenvalue weighted by Gasteiger charge is 2.19. The van der Waals surface area contributed by atoms with Gasteiger partial charge < -0.3 is 0 Å². The molecule has 1 atom stereocenters. The first-order valence-electron chi connectivity index (χ1n) is 4.07. The molecule has 0 aliphatic carbocycles. The number of isocyanates is 1. The molecular weight excluding hydrogens is 203 g/mol. The molecule has 0 heterocycles. The van der Waals surface area contributed by atoms with E-state index in [1.807, 2.05) is 0 Å². The van der Waals surface area contributed by atoms with Crippen molar-refractivity contribution in [3.63, 3.8) is 0 Å². The highest BCUT2D eigenvalue weighted by atomic mass is 19.1. The Morgan fingerprint density at radius 2 is 2.27 bits per heavy atom.